The molecule has 7 atom stereocenters. The molecule has 3 unspecified atom stereocenters. The largest absolute Gasteiger partial charge is 0.494 e. The number of likely N-dealkylation sites (tertiary alicyclic amines) is 1. The van der Waals surface area contributed by atoms with E-state index in [-0.39, 0.29) is 34.4 Å². The molecule has 0 saturated carbocycles. The van der Waals surface area contributed by atoms with E-state index in [1.807, 2.05) is 37.3 Å². The second-order valence-corrected chi connectivity index (χ2v) is 14.1. The van der Waals surface area contributed by atoms with E-state index >= 15 is 0 Å². The number of aliphatic hydroxyl groups is 1. The highest BCUT2D eigenvalue weighted by Crippen LogP contribution is 2.68. The van der Waals surface area contributed by atoms with E-state index in [4.69, 9.17) is 16.3 Å². The number of thioether (sulfide) groups is 1. The SMILES string of the molecule is CCOc1ccc(NC(=O)[C@H]2[C@H]3C(=O)N([C@H](CO)c4ccccc4)C(C(=O)Nc4ccc(Cl)cc4)C34CC(Br)[C@@H]2S4)cc1. The monoisotopic (exact) mass is 683 g/mol. The standard InChI is InChI=1S/C32H31BrClN3O5S/c1-2-42-22-14-12-21(13-15-22)35-29(39)25-26-31(41)37(24(17-38)18-6-4-3-5-7-18)28(32(26)16-23(33)27(25)43-32)30(40)36-20-10-8-19(34)9-11-20/h3-15,23-28,38H,2,16-17H2,1H3,(H,35,39)(H,36,40)/t23?,24-,25+,26+,27+,28?,32?/m1/s1. The second-order valence-electron chi connectivity index (χ2n) is 11.0. The Morgan fingerprint density at radius 2 is 1.67 bits per heavy atom. The predicted octanol–water partition coefficient (Wildman–Crippen LogP) is 5.51. The van der Waals surface area contributed by atoms with Crippen molar-refractivity contribution < 1.29 is 24.2 Å². The van der Waals surface area contributed by atoms with E-state index in [0.717, 1.165) is 0 Å². The summed E-state index contributed by atoms with van der Waals surface area (Å²) < 4.78 is 4.64. The number of nitrogens with one attached hydrogen (secondary N) is 2. The van der Waals surface area contributed by atoms with Gasteiger partial charge in [0.1, 0.15) is 11.8 Å². The number of nitrogens with zero attached hydrogens (tertiary/aromatic N) is 1. The Morgan fingerprint density at radius 1 is 1.05 bits per heavy atom. The molecule has 2 bridgehead atoms. The maximum Gasteiger partial charge on any atom is 0.248 e. The lowest BCUT2D eigenvalue weighted by molar-refractivity contribution is -0.141. The van der Waals surface area contributed by atoms with E-state index < -0.39 is 28.7 Å². The number of benzene rings is 3. The van der Waals surface area contributed by atoms with Crippen LogP contribution in [-0.4, -0.2) is 61.8 Å². The first-order valence-corrected chi connectivity index (χ1v) is 16.3. The summed E-state index contributed by atoms with van der Waals surface area (Å²) in [7, 11) is 0. The first-order chi connectivity index (χ1) is 20.8. The van der Waals surface area contributed by atoms with Crippen LogP contribution in [0.2, 0.25) is 5.02 Å². The van der Waals surface area contributed by atoms with Gasteiger partial charge in [-0.25, -0.2) is 0 Å². The van der Waals surface area contributed by atoms with Gasteiger partial charge in [0.05, 0.1) is 35.8 Å². The summed E-state index contributed by atoms with van der Waals surface area (Å²) in [5.41, 5.74) is 1.85. The summed E-state index contributed by atoms with van der Waals surface area (Å²) in [4.78, 5) is 44.2. The number of alkyl halides is 1. The van der Waals surface area contributed by atoms with Gasteiger partial charge in [-0.3, -0.25) is 14.4 Å². The molecule has 6 rings (SSSR count). The van der Waals surface area contributed by atoms with Gasteiger partial charge in [-0.1, -0.05) is 57.9 Å². The Bertz CT molecular complexity index is 1510. The average molecular weight is 685 g/mol. The highest BCUT2D eigenvalue weighted by atomic mass is 79.9. The van der Waals surface area contributed by atoms with Gasteiger partial charge in [-0.2, -0.15) is 0 Å². The van der Waals surface area contributed by atoms with Crippen molar-refractivity contribution in [2.45, 2.75) is 40.3 Å². The minimum absolute atomic E-state index is 0.0901. The van der Waals surface area contributed by atoms with Crippen molar-refractivity contribution in [3.63, 3.8) is 0 Å². The Labute approximate surface area is 267 Å². The van der Waals surface area contributed by atoms with E-state index in [1.54, 1.807) is 48.5 Å². The van der Waals surface area contributed by atoms with Crippen molar-refractivity contribution in [2.75, 3.05) is 23.8 Å². The third kappa shape index (κ3) is 5.32. The van der Waals surface area contributed by atoms with Crippen LogP contribution in [0.4, 0.5) is 11.4 Å². The fourth-order valence-electron chi connectivity index (χ4n) is 6.80. The number of hydrogen-bond donors (Lipinski definition) is 3. The van der Waals surface area contributed by atoms with Crippen LogP contribution in [0.15, 0.2) is 78.9 Å². The zero-order valence-electron chi connectivity index (χ0n) is 23.3. The fraction of sp³-hybridized carbons (Fsp3) is 0.344. The number of fused-ring (bicyclic) bond motifs is 1. The highest BCUT2D eigenvalue weighted by Gasteiger charge is 2.76. The quantitative estimate of drug-likeness (QED) is 0.257. The number of ether oxygens (including phenoxy) is 1. The maximum absolute atomic E-state index is 14.5. The minimum atomic E-state index is -0.934. The molecular formula is C32H31BrClN3O5S. The number of aliphatic hydroxyl groups excluding tert-OH is 1. The number of carbonyl (C=O) groups excluding carboxylic acids is 3. The molecule has 3 aromatic carbocycles. The van der Waals surface area contributed by atoms with E-state index in [1.165, 1.54) is 16.7 Å². The zero-order chi connectivity index (χ0) is 30.3. The minimum Gasteiger partial charge on any atom is -0.494 e. The summed E-state index contributed by atoms with van der Waals surface area (Å²) in [6.07, 6.45) is 0.522. The first-order valence-electron chi connectivity index (χ1n) is 14.2. The van der Waals surface area contributed by atoms with Gasteiger partial charge >= 0.3 is 0 Å². The van der Waals surface area contributed by atoms with Crippen molar-refractivity contribution in [1.29, 1.82) is 0 Å². The molecule has 3 heterocycles. The van der Waals surface area contributed by atoms with Gasteiger partial charge in [-0.15, -0.1) is 11.8 Å². The summed E-state index contributed by atoms with van der Waals surface area (Å²) in [6.45, 7) is 2.06. The zero-order valence-corrected chi connectivity index (χ0v) is 26.4. The molecule has 3 amide bonds. The van der Waals surface area contributed by atoms with Crippen LogP contribution in [0, 0.1) is 11.8 Å². The third-order valence-corrected chi connectivity index (χ3v) is 12.0. The van der Waals surface area contributed by atoms with Crippen molar-refractivity contribution in [2.24, 2.45) is 11.8 Å². The lowest BCUT2D eigenvalue weighted by Gasteiger charge is -2.37. The van der Waals surface area contributed by atoms with Crippen LogP contribution >= 0.6 is 39.3 Å². The molecule has 1 spiro atoms. The fourth-order valence-corrected chi connectivity index (χ4v) is 10.5. The van der Waals surface area contributed by atoms with Crippen LogP contribution in [0.5, 0.6) is 5.75 Å². The highest BCUT2D eigenvalue weighted by molar-refractivity contribution is 9.09. The smallest absolute Gasteiger partial charge is 0.248 e. The van der Waals surface area contributed by atoms with Gasteiger partial charge < -0.3 is 25.4 Å². The van der Waals surface area contributed by atoms with Gasteiger partial charge in [0, 0.05) is 26.5 Å². The van der Waals surface area contributed by atoms with E-state index in [2.05, 4.69) is 26.6 Å². The maximum atomic E-state index is 14.5. The molecule has 0 aliphatic carbocycles. The van der Waals surface area contributed by atoms with Gasteiger partial charge in [0.2, 0.25) is 17.7 Å². The molecule has 0 radical (unpaired) electrons. The lowest BCUT2D eigenvalue weighted by atomic mass is 9.70. The number of carbonyl (C=O) groups is 3. The number of halogens is 2. The Kier molecular flexibility index (Phi) is 8.48. The van der Waals surface area contributed by atoms with E-state index in [0.29, 0.717) is 40.7 Å². The summed E-state index contributed by atoms with van der Waals surface area (Å²) in [6, 6.07) is 21.4. The number of hydrogen-bond acceptors (Lipinski definition) is 6. The number of rotatable bonds is 9. The molecule has 3 aliphatic heterocycles. The average Bonchev–Trinajstić information content (AvgIpc) is 3.60. The van der Waals surface area contributed by atoms with E-state index in [9.17, 15) is 19.5 Å². The van der Waals surface area contributed by atoms with Gasteiger partial charge in [-0.05, 0) is 67.4 Å². The number of amides is 3. The molecule has 8 nitrogen and oxygen atoms in total. The van der Waals surface area contributed by atoms with Crippen molar-refractivity contribution >= 4 is 68.4 Å². The molecule has 3 saturated heterocycles. The Balaban J connectivity index is 1.37. The van der Waals surface area contributed by atoms with Crippen LogP contribution in [0.3, 0.4) is 0 Å². The van der Waals surface area contributed by atoms with Crippen molar-refractivity contribution in [3.05, 3.63) is 89.4 Å². The van der Waals surface area contributed by atoms with Crippen LogP contribution in [-0.2, 0) is 14.4 Å². The topological polar surface area (TPSA) is 108 Å². The normalized spacial score (nSPS) is 28.0. The molecule has 224 valence electrons. The first kappa shape index (κ1) is 30.0. The van der Waals surface area contributed by atoms with Gasteiger partial charge in [0.15, 0.2) is 0 Å². The molecule has 3 aromatic rings. The summed E-state index contributed by atoms with van der Waals surface area (Å²) >= 11 is 11.4. The molecule has 3 N–H and O–H groups in total. The number of anilines is 2. The predicted molar refractivity (Wildman–Crippen MR) is 172 cm³/mol. The molecule has 0 aromatic heterocycles. The molecule has 3 fully saturated rings. The lowest BCUT2D eigenvalue weighted by Crippen LogP contribution is -2.53. The molecule has 11 heteroatoms. The molecular weight excluding hydrogens is 654 g/mol. The Morgan fingerprint density at radius 3 is 2.30 bits per heavy atom. The molecule has 43 heavy (non-hydrogen) atoms. The summed E-state index contributed by atoms with van der Waals surface area (Å²) in [5.74, 6) is -1.69. The Hall–Kier alpha value is -3.05. The van der Waals surface area contributed by atoms with Crippen molar-refractivity contribution in [3.8, 4) is 5.75 Å². The van der Waals surface area contributed by atoms with Crippen molar-refractivity contribution in [1.82, 2.24) is 4.90 Å². The van der Waals surface area contributed by atoms with Crippen LogP contribution in [0.25, 0.3) is 0 Å². The van der Waals surface area contributed by atoms with Crippen LogP contribution < -0.4 is 15.4 Å². The summed E-state index contributed by atoms with van der Waals surface area (Å²) in [5, 5.41) is 17.0. The third-order valence-electron chi connectivity index (χ3n) is 8.52. The molecule has 3 aliphatic rings. The second kappa shape index (κ2) is 12.1. The van der Waals surface area contributed by atoms with Gasteiger partial charge in [0.25, 0.3) is 0 Å². The van der Waals surface area contributed by atoms with Crippen LogP contribution in [0.1, 0.15) is 24.9 Å².